The molecule has 2 aliphatic heterocycles. The molecule has 1 atom stereocenters. The van der Waals surface area contributed by atoms with Crippen molar-refractivity contribution in [2.75, 3.05) is 20.2 Å². The molecular weight excluding hydrogens is 346 g/mol. The summed E-state index contributed by atoms with van der Waals surface area (Å²) in [5.41, 5.74) is 0.469. The summed E-state index contributed by atoms with van der Waals surface area (Å²) in [5, 5.41) is 3.93. The van der Waals surface area contributed by atoms with E-state index in [1.54, 1.807) is 13.3 Å². The molecule has 0 aliphatic carbocycles. The summed E-state index contributed by atoms with van der Waals surface area (Å²) in [6.07, 6.45) is 5.53. The molecule has 1 amide bonds. The maximum absolute atomic E-state index is 13.4. The lowest BCUT2D eigenvalue weighted by molar-refractivity contribution is -0.148. The summed E-state index contributed by atoms with van der Waals surface area (Å²) in [5.74, 6) is 1.28. The highest BCUT2D eigenvalue weighted by molar-refractivity contribution is 5.87. The number of piperidine rings is 1. The van der Waals surface area contributed by atoms with E-state index < -0.39 is 5.54 Å². The van der Waals surface area contributed by atoms with Gasteiger partial charge in [0.1, 0.15) is 12.1 Å². The van der Waals surface area contributed by atoms with E-state index >= 15 is 0 Å². The van der Waals surface area contributed by atoms with Crippen LogP contribution in [0.1, 0.15) is 43.1 Å². The van der Waals surface area contributed by atoms with Crippen LogP contribution in [0.5, 0.6) is 0 Å². The van der Waals surface area contributed by atoms with E-state index in [-0.39, 0.29) is 5.91 Å². The zero-order valence-electron chi connectivity index (χ0n) is 15.6. The summed E-state index contributed by atoms with van der Waals surface area (Å²) in [7, 11) is 1.60. The van der Waals surface area contributed by atoms with Gasteiger partial charge in [-0.25, -0.2) is 0 Å². The summed E-state index contributed by atoms with van der Waals surface area (Å²) >= 11 is 0. The highest BCUT2D eigenvalue weighted by atomic mass is 16.5. The Morgan fingerprint density at radius 1 is 1.22 bits per heavy atom. The average Bonchev–Trinajstić information content (AvgIpc) is 3.29. The zero-order valence-corrected chi connectivity index (χ0v) is 15.6. The highest BCUT2D eigenvalue weighted by Gasteiger charge is 2.51. The summed E-state index contributed by atoms with van der Waals surface area (Å²) < 4.78 is 10.4. The largest absolute Gasteiger partial charge is 0.377 e. The van der Waals surface area contributed by atoms with Crippen molar-refractivity contribution in [1.29, 1.82) is 0 Å². The van der Waals surface area contributed by atoms with Crippen LogP contribution in [0.3, 0.4) is 0 Å². The Balaban J connectivity index is 1.50. The van der Waals surface area contributed by atoms with Gasteiger partial charge in [-0.05, 0) is 44.4 Å². The lowest BCUT2D eigenvalue weighted by Gasteiger charge is -2.44. The molecule has 0 aromatic carbocycles. The van der Waals surface area contributed by atoms with Gasteiger partial charge < -0.3 is 14.2 Å². The van der Waals surface area contributed by atoms with E-state index in [1.807, 2.05) is 23.1 Å². The molecule has 1 unspecified atom stereocenters. The second-order valence-corrected chi connectivity index (χ2v) is 7.25. The molecule has 1 spiro atoms. The molecular formula is C19H25N5O3. The van der Waals surface area contributed by atoms with Gasteiger partial charge in [0.25, 0.3) is 0 Å². The normalized spacial score (nSPS) is 23.4. The lowest BCUT2D eigenvalue weighted by atomic mass is 9.85. The highest BCUT2D eigenvalue weighted by Crippen LogP contribution is 2.39. The Bertz CT molecular complexity index is 781. The monoisotopic (exact) mass is 371 g/mol. The van der Waals surface area contributed by atoms with Crippen molar-refractivity contribution in [3.05, 3.63) is 41.8 Å². The van der Waals surface area contributed by atoms with Crippen LogP contribution in [-0.4, -0.2) is 56.6 Å². The summed E-state index contributed by atoms with van der Waals surface area (Å²) in [6, 6.07) is 5.82. The Labute approximate surface area is 158 Å². The molecule has 144 valence electrons. The number of methoxy groups -OCH3 is 1. The van der Waals surface area contributed by atoms with Crippen molar-refractivity contribution < 1.29 is 14.1 Å². The Morgan fingerprint density at radius 3 is 2.85 bits per heavy atom. The van der Waals surface area contributed by atoms with Gasteiger partial charge in [-0.15, -0.1) is 0 Å². The molecule has 27 heavy (non-hydrogen) atoms. The zero-order chi connectivity index (χ0) is 18.7. The second-order valence-electron chi connectivity index (χ2n) is 7.25. The maximum Gasteiger partial charge on any atom is 0.243 e. The Hall–Kier alpha value is -2.32. The van der Waals surface area contributed by atoms with Crippen LogP contribution < -0.4 is 0 Å². The number of amides is 1. The molecule has 8 nitrogen and oxygen atoms in total. The van der Waals surface area contributed by atoms with Crippen LogP contribution in [0.15, 0.2) is 28.9 Å². The molecule has 2 aliphatic rings. The molecule has 0 radical (unpaired) electrons. The van der Waals surface area contributed by atoms with Gasteiger partial charge >= 0.3 is 0 Å². The van der Waals surface area contributed by atoms with Gasteiger partial charge in [0.2, 0.25) is 11.8 Å². The van der Waals surface area contributed by atoms with E-state index in [0.29, 0.717) is 31.4 Å². The van der Waals surface area contributed by atoms with Crippen molar-refractivity contribution >= 4 is 5.91 Å². The molecule has 2 aromatic rings. The first-order chi connectivity index (χ1) is 13.2. The number of aromatic nitrogens is 3. The first kappa shape index (κ1) is 18.1. The molecule has 2 saturated heterocycles. The van der Waals surface area contributed by atoms with Crippen LogP contribution in [0.2, 0.25) is 0 Å². The number of likely N-dealkylation sites (tertiary alicyclic amines) is 2. The quantitative estimate of drug-likeness (QED) is 0.765. The van der Waals surface area contributed by atoms with Crippen LogP contribution >= 0.6 is 0 Å². The SMILES string of the molecule is COCc1noc(CN2CCCC23CCCN(Cc2ccccn2)C3=O)n1. The minimum absolute atomic E-state index is 0.202. The molecule has 8 heteroatoms. The van der Waals surface area contributed by atoms with E-state index in [2.05, 4.69) is 20.0 Å². The number of ether oxygens (including phenoxy) is 1. The molecule has 4 heterocycles. The van der Waals surface area contributed by atoms with E-state index in [1.165, 1.54) is 0 Å². The number of carbonyl (C=O) groups excluding carboxylic acids is 1. The lowest BCUT2D eigenvalue weighted by Crippen LogP contribution is -2.59. The first-order valence-electron chi connectivity index (χ1n) is 9.46. The number of carbonyl (C=O) groups is 1. The van der Waals surface area contributed by atoms with Gasteiger partial charge in [0, 0.05) is 19.9 Å². The number of rotatable bonds is 6. The first-order valence-corrected chi connectivity index (χ1v) is 9.46. The van der Waals surface area contributed by atoms with Crippen LogP contribution in [0.4, 0.5) is 0 Å². The van der Waals surface area contributed by atoms with Gasteiger partial charge in [0.05, 0.1) is 18.8 Å². The molecule has 2 aromatic heterocycles. The molecule has 2 fully saturated rings. The van der Waals surface area contributed by atoms with Crippen molar-refractivity contribution in [3.8, 4) is 0 Å². The van der Waals surface area contributed by atoms with Crippen LogP contribution in [0.25, 0.3) is 0 Å². The fourth-order valence-corrected chi connectivity index (χ4v) is 4.30. The molecule has 0 bridgehead atoms. The van der Waals surface area contributed by atoms with Crippen molar-refractivity contribution in [1.82, 2.24) is 24.9 Å². The molecule has 0 N–H and O–H groups in total. The van der Waals surface area contributed by atoms with Gasteiger partial charge in [-0.1, -0.05) is 11.2 Å². The molecule has 0 saturated carbocycles. The van der Waals surface area contributed by atoms with Gasteiger partial charge in [-0.2, -0.15) is 4.98 Å². The topological polar surface area (TPSA) is 84.6 Å². The standard InChI is InChI=1S/C19H25N5O3/c1-26-14-16-21-17(27-22-16)13-24-11-5-8-19(24)7-4-10-23(18(19)25)12-15-6-2-3-9-20-15/h2-3,6,9H,4-5,7-8,10-14H2,1H3. The fourth-order valence-electron chi connectivity index (χ4n) is 4.30. The van der Waals surface area contributed by atoms with Crippen molar-refractivity contribution in [2.45, 2.75) is 50.9 Å². The van der Waals surface area contributed by atoms with Crippen molar-refractivity contribution in [3.63, 3.8) is 0 Å². The Morgan fingerprint density at radius 2 is 2.07 bits per heavy atom. The minimum Gasteiger partial charge on any atom is -0.377 e. The van der Waals surface area contributed by atoms with E-state index in [9.17, 15) is 4.79 Å². The average molecular weight is 371 g/mol. The summed E-state index contributed by atoms with van der Waals surface area (Å²) in [4.78, 5) is 26.4. The predicted molar refractivity (Wildman–Crippen MR) is 96.3 cm³/mol. The van der Waals surface area contributed by atoms with Crippen molar-refractivity contribution in [2.24, 2.45) is 0 Å². The summed E-state index contributed by atoms with van der Waals surface area (Å²) in [6.45, 7) is 3.04. The number of hydrogen-bond acceptors (Lipinski definition) is 7. The number of hydrogen-bond donors (Lipinski definition) is 0. The van der Waals surface area contributed by atoms with E-state index in [4.69, 9.17) is 9.26 Å². The fraction of sp³-hybridized carbons (Fsp3) is 0.579. The Kier molecular flexibility index (Phi) is 5.18. The van der Waals surface area contributed by atoms with Gasteiger partial charge in [-0.3, -0.25) is 14.7 Å². The minimum atomic E-state index is -0.455. The molecule has 4 rings (SSSR count). The number of pyridine rings is 1. The smallest absolute Gasteiger partial charge is 0.243 e. The second kappa shape index (κ2) is 7.74. The van der Waals surface area contributed by atoms with Gasteiger partial charge in [0.15, 0.2) is 5.82 Å². The maximum atomic E-state index is 13.4. The third kappa shape index (κ3) is 3.59. The van der Waals surface area contributed by atoms with Crippen LogP contribution in [-0.2, 0) is 29.2 Å². The third-order valence-electron chi connectivity index (χ3n) is 5.52. The van der Waals surface area contributed by atoms with Crippen LogP contribution in [0, 0.1) is 0 Å². The number of nitrogens with zero attached hydrogens (tertiary/aromatic N) is 5. The van der Waals surface area contributed by atoms with E-state index in [0.717, 1.165) is 44.5 Å². The predicted octanol–water partition coefficient (Wildman–Crippen LogP) is 1.77. The third-order valence-corrected chi connectivity index (χ3v) is 5.52.